The van der Waals surface area contributed by atoms with Gasteiger partial charge in [-0.05, 0) is 24.8 Å². The van der Waals surface area contributed by atoms with Crippen molar-refractivity contribution < 1.29 is 14.5 Å². The quantitative estimate of drug-likeness (QED) is 0.683. The van der Waals surface area contributed by atoms with E-state index in [9.17, 15) is 14.9 Å². The average molecular weight is 292 g/mol. The first-order valence-electron chi connectivity index (χ1n) is 7.16. The molecule has 1 aliphatic carbocycles. The molecule has 1 amide bonds. The van der Waals surface area contributed by atoms with Crippen molar-refractivity contribution in [1.82, 2.24) is 5.32 Å². The standard InChI is InChI=1S/C15H20N2O4/c1-10-5-3-4-6-13(10)16-15(18)12-9-11(17(19)20)7-8-14(12)21-2/h7-10,13H,3-6H2,1-2H3,(H,16,18). The zero-order valence-electron chi connectivity index (χ0n) is 12.3. The summed E-state index contributed by atoms with van der Waals surface area (Å²) >= 11 is 0. The van der Waals surface area contributed by atoms with Gasteiger partial charge in [0.15, 0.2) is 0 Å². The first-order chi connectivity index (χ1) is 10.0. The van der Waals surface area contributed by atoms with Gasteiger partial charge < -0.3 is 10.1 Å². The Kier molecular flexibility index (Phi) is 4.77. The normalized spacial score (nSPS) is 21.6. The summed E-state index contributed by atoms with van der Waals surface area (Å²) in [6.07, 6.45) is 4.33. The number of non-ortho nitro benzene ring substituents is 1. The van der Waals surface area contributed by atoms with Crippen LogP contribution in [0.3, 0.4) is 0 Å². The number of benzene rings is 1. The van der Waals surface area contributed by atoms with E-state index in [4.69, 9.17) is 4.74 Å². The van der Waals surface area contributed by atoms with Gasteiger partial charge in [0.2, 0.25) is 0 Å². The van der Waals surface area contributed by atoms with Gasteiger partial charge in [-0.25, -0.2) is 0 Å². The number of carbonyl (C=O) groups excluding carboxylic acids is 1. The van der Waals surface area contributed by atoms with Crippen LogP contribution in [0.25, 0.3) is 0 Å². The van der Waals surface area contributed by atoms with Crippen molar-refractivity contribution >= 4 is 11.6 Å². The molecule has 1 aliphatic rings. The first-order valence-corrected chi connectivity index (χ1v) is 7.16. The van der Waals surface area contributed by atoms with Gasteiger partial charge in [0.25, 0.3) is 11.6 Å². The number of ether oxygens (including phenoxy) is 1. The maximum Gasteiger partial charge on any atom is 0.270 e. The molecule has 1 aromatic rings. The van der Waals surface area contributed by atoms with Crippen molar-refractivity contribution in [3.05, 3.63) is 33.9 Å². The van der Waals surface area contributed by atoms with Crippen molar-refractivity contribution in [1.29, 1.82) is 0 Å². The Labute approximate surface area is 123 Å². The summed E-state index contributed by atoms with van der Waals surface area (Å²) in [5.41, 5.74) is 0.0992. The third-order valence-corrected chi connectivity index (χ3v) is 4.07. The van der Waals surface area contributed by atoms with Gasteiger partial charge in [0, 0.05) is 18.2 Å². The van der Waals surface area contributed by atoms with Gasteiger partial charge in [-0.2, -0.15) is 0 Å². The van der Waals surface area contributed by atoms with Crippen LogP contribution in [-0.2, 0) is 0 Å². The van der Waals surface area contributed by atoms with Gasteiger partial charge >= 0.3 is 0 Å². The summed E-state index contributed by atoms with van der Waals surface area (Å²) in [5.74, 6) is 0.461. The Morgan fingerprint density at radius 1 is 1.38 bits per heavy atom. The molecule has 1 aromatic carbocycles. The first kappa shape index (κ1) is 15.3. The Hall–Kier alpha value is -2.11. The second-order valence-electron chi connectivity index (χ2n) is 5.48. The van der Waals surface area contributed by atoms with E-state index in [0.717, 1.165) is 19.3 Å². The van der Waals surface area contributed by atoms with Crippen LogP contribution in [0.15, 0.2) is 18.2 Å². The third kappa shape index (κ3) is 3.51. The molecule has 6 nitrogen and oxygen atoms in total. The topological polar surface area (TPSA) is 81.5 Å². The Bertz CT molecular complexity index is 544. The highest BCUT2D eigenvalue weighted by atomic mass is 16.6. The number of carbonyl (C=O) groups is 1. The van der Waals surface area contributed by atoms with E-state index in [1.807, 2.05) is 0 Å². The highest BCUT2D eigenvalue weighted by molar-refractivity contribution is 5.97. The lowest BCUT2D eigenvalue weighted by atomic mass is 9.86. The fraction of sp³-hybridized carbons (Fsp3) is 0.533. The van der Waals surface area contributed by atoms with Crippen LogP contribution in [0, 0.1) is 16.0 Å². The highest BCUT2D eigenvalue weighted by Gasteiger charge is 2.25. The number of nitro groups is 1. The van der Waals surface area contributed by atoms with Crippen LogP contribution in [0.4, 0.5) is 5.69 Å². The number of amides is 1. The average Bonchev–Trinajstić information content (AvgIpc) is 2.48. The fourth-order valence-electron chi connectivity index (χ4n) is 2.76. The van der Waals surface area contributed by atoms with E-state index >= 15 is 0 Å². The maximum absolute atomic E-state index is 12.4. The van der Waals surface area contributed by atoms with E-state index in [-0.39, 0.29) is 23.2 Å². The number of methoxy groups -OCH3 is 1. The molecule has 1 fully saturated rings. The van der Waals surface area contributed by atoms with Crippen LogP contribution in [-0.4, -0.2) is 24.0 Å². The monoisotopic (exact) mass is 292 g/mol. The van der Waals surface area contributed by atoms with Gasteiger partial charge in [-0.3, -0.25) is 14.9 Å². The lowest BCUT2D eigenvalue weighted by Gasteiger charge is -2.29. The number of hydrogen-bond donors (Lipinski definition) is 1. The molecular formula is C15H20N2O4. The second kappa shape index (κ2) is 6.56. The van der Waals surface area contributed by atoms with E-state index in [0.29, 0.717) is 11.7 Å². The van der Waals surface area contributed by atoms with E-state index in [1.54, 1.807) is 0 Å². The summed E-state index contributed by atoms with van der Waals surface area (Å²) in [6.45, 7) is 2.12. The number of rotatable bonds is 4. The Morgan fingerprint density at radius 2 is 2.10 bits per heavy atom. The van der Waals surface area contributed by atoms with Gasteiger partial charge in [0.05, 0.1) is 17.6 Å². The largest absolute Gasteiger partial charge is 0.496 e. The zero-order chi connectivity index (χ0) is 15.4. The number of nitrogens with one attached hydrogen (secondary N) is 1. The molecule has 0 saturated heterocycles. The minimum Gasteiger partial charge on any atom is -0.496 e. The van der Waals surface area contributed by atoms with Gasteiger partial charge in [-0.15, -0.1) is 0 Å². The molecule has 0 spiro atoms. The predicted octanol–water partition coefficient (Wildman–Crippen LogP) is 2.91. The molecule has 21 heavy (non-hydrogen) atoms. The fourth-order valence-corrected chi connectivity index (χ4v) is 2.76. The molecule has 2 atom stereocenters. The van der Waals surface area contributed by atoms with E-state index < -0.39 is 4.92 Å². The van der Waals surface area contributed by atoms with Crippen LogP contribution < -0.4 is 10.1 Å². The second-order valence-corrected chi connectivity index (χ2v) is 5.48. The van der Waals surface area contributed by atoms with Crippen molar-refractivity contribution in [3.8, 4) is 5.75 Å². The minimum absolute atomic E-state index is 0.113. The Balaban J connectivity index is 2.20. The molecule has 2 unspecified atom stereocenters. The molecule has 114 valence electrons. The SMILES string of the molecule is COc1ccc([N+](=O)[O-])cc1C(=O)NC1CCCCC1C. The maximum atomic E-state index is 12.4. The molecule has 0 aromatic heterocycles. The molecule has 0 radical (unpaired) electrons. The van der Waals surface area contributed by atoms with Crippen LogP contribution >= 0.6 is 0 Å². The third-order valence-electron chi connectivity index (χ3n) is 4.07. The summed E-state index contributed by atoms with van der Waals surface area (Å²) in [4.78, 5) is 22.7. The summed E-state index contributed by atoms with van der Waals surface area (Å²) in [6, 6.07) is 4.17. The smallest absolute Gasteiger partial charge is 0.270 e. The summed E-state index contributed by atoms with van der Waals surface area (Å²) in [7, 11) is 1.45. The molecule has 1 N–H and O–H groups in total. The molecule has 6 heteroatoms. The van der Waals surface area contributed by atoms with E-state index in [2.05, 4.69) is 12.2 Å². The zero-order valence-corrected chi connectivity index (χ0v) is 12.3. The molecule has 2 rings (SSSR count). The molecular weight excluding hydrogens is 272 g/mol. The van der Waals surface area contributed by atoms with Crippen LogP contribution in [0.2, 0.25) is 0 Å². The lowest BCUT2D eigenvalue weighted by Crippen LogP contribution is -2.41. The summed E-state index contributed by atoms with van der Waals surface area (Å²) in [5, 5.41) is 13.8. The lowest BCUT2D eigenvalue weighted by molar-refractivity contribution is -0.384. The number of nitro benzene ring substituents is 1. The Morgan fingerprint density at radius 3 is 2.71 bits per heavy atom. The molecule has 0 bridgehead atoms. The van der Waals surface area contributed by atoms with Crippen molar-refractivity contribution in [3.63, 3.8) is 0 Å². The van der Waals surface area contributed by atoms with Crippen LogP contribution in [0.5, 0.6) is 5.75 Å². The van der Waals surface area contributed by atoms with Crippen molar-refractivity contribution in [2.75, 3.05) is 7.11 Å². The van der Waals surface area contributed by atoms with E-state index in [1.165, 1.54) is 31.7 Å². The molecule has 1 saturated carbocycles. The van der Waals surface area contributed by atoms with Gasteiger partial charge in [0.1, 0.15) is 5.75 Å². The predicted molar refractivity (Wildman–Crippen MR) is 78.5 cm³/mol. The molecule has 0 heterocycles. The van der Waals surface area contributed by atoms with Crippen molar-refractivity contribution in [2.24, 2.45) is 5.92 Å². The summed E-state index contributed by atoms with van der Waals surface area (Å²) < 4.78 is 5.13. The highest BCUT2D eigenvalue weighted by Crippen LogP contribution is 2.27. The number of hydrogen-bond acceptors (Lipinski definition) is 4. The minimum atomic E-state index is -0.514. The van der Waals surface area contributed by atoms with Crippen LogP contribution in [0.1, 0.15) is 43.0 Å². The van der Waals surface area contributed by atoms with Gasteiger partial charge in [-0.1, -0.05) is 19.8 Å². The number of nitrogens with zero attached hydrogens (tertiary/aromatic N) is 1. The molecule has 0 aliphatic heterocycles. The van der Waals surface area contributed by atoms with Crippen molar-refractivity contribution in [2.45, 2.75) is 38.6 Å².